The van der Waals surface area contributed by atoms with Crippen LogP contribution >= 0.6 is 15.9 Å². The zero-order valence-corrected chi connectivity index (χ0v) is 12.1. The molecule has 1 heterocycles. The standard InChI is InChI=1S/C13H13BrFN3O/c1-16-11(8-4-3-5-9(14)10(8)15)12-13(19-2)18-7-6-17-12/h3-7,11,16H,1-2H3. The number of benzene rings is 1. The molecule has 2 aromatic rings. The number of nitrogens with zero attached hydrogens (tertiary/aromatic N) is 2. The highest BCUT2D eigenvalue weighted by Crippen LogP contribution is 2.30. The Morgan fingerprint density at radius 1 is 1.32 bits per heavy atom. The summed E-state index contributed by atoms with van der Waals surface area (Å²) >= 11 is 3.18. The van der Waals surface area contributed by atoms with Crippen LogP contribution in [0.5, 0.6) is 5.88 Å². The van der Waals surface area contributed by atoms with Crippen LogP contribution in [0.25, 0.3) is 0 Å². The number of rotatable bonds is 4. The average molecular weight is 326 g/mol. The van der Waals surface area contributed by atoms with Crippen LogP contribution in [0.3, 0.4) is 0 Å². The van der Waals surface area contributed by atoms with E-state index in [1.807, 2.05) is 0 Å². The lowest BCUT2D eigenvalue weighted by Gasteiger charge is -2.18. The second kappa shape index (κ2) is 6.08. The van der Waals surface area contributed by atoms with Crippen molar-refractivity contribution in [1.82, 2.24) is 15.3 Å². The summed E-state index contributed by atoms with van der Waals surface area (Å²) in [5.41, 5.74) is 1.03. The van der Waals surface area contributed by atoms with Crippen LogP contribution in [0.4, 0.5) is 4.39 Å². The molecule has 1 aromatic carbocycles. The van der Waals surface area contributed by atoms with Crippen molar-refractivity contribution >= 4 is 15.9 Å². The zero-order valence-electron chi connectivity index (χ0n) is 10.5. The van der Waals surface area contributed by atoms with E-state index in [9.17, 15) is 4.39 Å². The third-order valence-electron chi connectivity index (χ3n) is 2.74. The molecule has 2 rings (SSSR count). The Kier molecular flexibility index (Phi) is 4.44. The van der Waals surface area contributed by atoms with E-state index in [1.54, 1.807) is 31.4 Å². The van der Waals surface area contributed by atoms with Gasteiger partial charge in [-0.1, -0.05) is 12.1 Å². The lowest BCUT2D eigenvalue weighted by atomic mass is 10.0. The largest absolute Gasteiger partial charge is 0.480 e. The maximum Gasteiger partial charge on any atom is 0.237 e. The van der Waals surface area contributed by atoms with Crippen molar-refractivity contribution in [3.63, 3.8) is 0 Å². The minimum absolute atomic E-state index is 0.324. The molecule has 0 saturated heterocycles. The molecular weight excluding hydrogens is 313 g/mol. The second-order valence-corrected chi connectivity index (χ2v) is 4.67. The van der Waals surface area contributed by atoms with Crippen LogP contribution in [0.2, 0.25) is 0 Å². The maximum atomic E-state index is 14.2. The lowest BCUT2D eigenvalue weighted by molar-refractivity contribution is 0.383. The molecule has 100 valence electrons. The van der Waals surface area contributed by atoms with Gasteiger partial charge in [0.05, 0.1) is 17.6 Å². The number of aromatic nitrogens is 2. The molecule has 0 aliphatic rings. The van der Waals surface area contributed by atoms with Crippen LogP contribution in [-0.2, 0) is 0 Å². The molecule has 0 spiro atoms. The van der Waals surface area contributed by atoms with E-state index in [1.165, 1.54) is 13.3 Å². The van der Waals surface area contributed by atoms with Crippen LogP contribution in [0.1, 0.15) is 17.3 Å². The minimum Gasteiger partial charge on any atom is -0.480 e. The van der Waals surface area contributed by atoms with E-state index in [0.717, 1.165) is 0 Å². The molecular formula is C13H13BrFN3O. The number of hydrogen-bond donors (Lipinski definition) is 1. The summed E-state index contributed by atoms with van der Waals surface area (Å²) in [6.07, 6.45) is 3.09. The van der Waals surface area contributed by atoms with Crippen LogP contribution in [0, 0.1) is 5.82 Å². The summed E-state index contributed by atoms with van der Waals surface area (Å²) in [5, 5.41) is 3.03. The van der Waals surface area contributed by atoms with Gasteiger partial charge in [0.2, 0.25) is 5.88 Å². The molecule has 0 saturated carbocycles. The third-order valence-corrected chi connectivity index (χ3v) is 3.35. The number of nitrogens with one attached hydrogen (secondary N) is 1. The van der Waals surface area contributed by atoms with Gasteiger partial charge in [0.1, 0.15) is 11.5 Å². The van der Waals surface area contributed by atoms with Crippen molar-refractivity contribution in [2.24, 2.45) is 0 Å². The number of halogens is 2. The van der Waals surface area contributed by atoms with Gasteiger partial charge in [-0.3, -0.25) is 4.98 Å². The normalized spacial score (nSPS) is 12.2. The van der Waals surface area contributed by atoms with E-state index >= 15 is 0 Å². The lowest BCUT2D eigenvalue weighted by Crippen LogP contribution is -2.21. The minimum atomic E-state index is -0.429. The summed E-state index contributed by atoms with van der Waals surface area (Å²) < 4.78 is 19.8. The molecule has 6 heteroatoms. The van der Waals surface area contributed by atoms with Crippen molar-refractivity contribution in [1.29, 1.82) is 0 Å². The second-order valence-electron chi connectivity index (χ2n) is 3.82. The van der Waals surface area contributed by atoms with Crippen LogP contribution < -0.4 is 10.1 Å². The zero-order chi connectivity index (χ0) is 13.8. The molecule has 19 heavy (non-hydrogen) atoms. The quantitative estimate of drug-likeness (QED) is 0.938. The van der Waals surface area contributed by atoms with Gasteiger partial charge in [0, 0.05) is 18.0 Å². The fourth-order valence-electron chi connectivity index (χ4n) is 1.87. The Bertz CT molecular complexity index is 580. The first-order valence-corrected chi connectivity index (χ1v) is 6.44. The molecule has 1 atom stereocenters. The Hall–Kier alpha value is -1.53. The molecule has 0 amide bonds. The Balaban J connectivity index is 2.53. The Morgan fingerprint density at radius 3 is 2.74 bits per heavy atom. The van der Waals surface area contributed by atoms with Crippen molar-refractivity contribution in [3.05, 3.63) is 52.1 Å². The van der Waals surface area contributed by atoms with Crippen LogP contribution in [0.15, 0.2) is 35.1 Å². The molecule has 4 nitrogen and oxygen atoms in total. The fraction of sp³-hybridized carbons (Fsp3) is 0.231. The first kappa shape index (κ1) is 13.9. The first-order valence-electron chi connectivity index (χ1n) is 5.65. The smallest absolute Gasteiger partial charge is 0.237 e. The molecule has 0 fully saturated rings. The molecule has 1 unspecified atom stereocenters. The molecule has 0 aliphatic carbocycles. The van der Waals surface area contributed by atoms with Crippen LogP contribution in [-0.4, -0.2) is 24.1 Å². The van der Waals surface area contributed by atoms with Gasteiger partial charge in [-0.15, -0.1) is 0 Å². The van der Waals surface area contributed by atoms with Crippen molar-refractivity contribution in [3.8, 4) is 5.88 Å². The fourth-order valence-corrected chi connectivity index (χ4v) is 2.26. The summed E-state index contributed by atoms with van der Waals surface area (Å²) in [6, 6.07) is 4.70. The molecule has 0 radical (unpaired) electrons. The van der Waals surface area contributed by atoms with Crippen molar-refractivity contribution in [2.75, 3.05) is 14.2 Å². The molecule has 0 bridgehead atoms. The van der Waals surface area contributed by atoms with E-state index in [-0.39, 0.29) is 5.82 Å². The molecule has 1 aromatic heterocycles. The first-order chi connectivity index (χ1) is 9.19. The predicted octanol–water partition coefficient (Wildman–Crippen LogP) is 2.70. The topological polar surface area (TPSA) is 47.0 Å². The molecule has 0 aliphatic heterocycles. The van der Waals surface area contributed by atoms with Gasteiger partial charge < -0.3 is 10.1 Å². The third kappa shape index (κ3) is 2.74. The molecule has 1 N–H and O–H groups in total. The average Bonchev–Trinajstić information content (AvgIpc) is 2.45. The number of methoxy groups -OCH3 is 1. The number of ether oxygens (including phenoxy) is 1. The summed E-state index contributed by atoms with van der Waals surface area (Å²) in [7, 11) is 3.25. The highest BCUT2D eigenvalue weighted by atomic mass is 79.9. The van der Waals surface area contributed by atoms with Crippen molar-refractivity contribution in [2.45, 2.75) is 6.04 Å². The number of hydrogen-bond acceptors (Lipinski definition) is 4. The predicted molar refractivity (Wildman–Crippen MR) is 73.6 cm³/mol. The van der Waals surface area contributed by atoms with E-state index in [2.05, 4.69) is 31.2 Å². The Morgan fingerprint density at radius 2 is 2.05 bits per heavy atom. The highest BCUT2D eigenvalue weighted by molar-refractivity contribution is 9.10. The van der Waals surface area contributed by atoms with E-state index in [0.29, 0.717) is 21.6 Å². The van der Waals surface area contributed by atoms with E-state index < -0.39 is 6.04 Å². The van der Waals surface area contributed by atoms with Gasteiger partial charge in [-0.05, 0) is 29.0 Å². The summed E-state index contributed by atoms with van der Waals surface area (Å²) in [6.45, 7) is 0. The highest BCUT2D eigenvalue weighted by Gasteiger charge is 2.22. The summed E-state index contributed by atoms with van der Waals surface area (Å²) in [5.74, 6) is 0.0516. The van der Waals surface area contributed by atoms with E-state index in [4.69, 9.17) is 4.74 Å². The van der Waals surface area contributed by atoms with Gasteiger partial charge in [0.25, 0.3) is 0 Å². The van der Waals surface area contributed by atoms with Gasteiger partial charge in [0.15, 0.2) is 0 Å². The SMILES string of the molecule is CNC(c1cccc(Br)c1F)c1nccnc1OC. The summed E-state index contributed by atoms with van der Waals surface area (Å²) in [4.78, 5) is 8.32. The van der Waals surface area contributed by atoms with Gasteiger partial charge in [-0.25, -0.2) is 9.37 Å². The van der Waals surface area contributed by atoms with Crippen molar-refractivity contribution < 1.29 is 9.13 Å². The van der Waals surface area contributed by atoms with Gasteiger partial charge in [-0.2, -0.15) is 0 Å². The van der Waals surface area contributed by atoms with Gasteiger partial charge >= 0.3 is 0 Å². The monoisotopic (exact) mass is 325 g/mol. The Labute approximate surface area is 119 Å². The maximum absolute atomic E-state index is 14.2.